The lowest BCUT2D eigenvalue weighted by atomic mass is 10.2. The summed E-state index contributed by atoms with van der Waals surface area (Å²) >= 11 is 9.15. The quantitative estimate of drug-likeness (QED) is 0.828. The Morgan fingerprint density at radius 2 is 2.25 bits per heavy atom. The van der Waals surface area contributed by atoms with Crippen LogP contribution < -0.4 is 5.73 Å². The van der Waals surface area contributed by atoms with Crippen LogP contribution in [0.4, 0.5) is 0 Å². The number of hydrogen-bond acceptors (Lipinski definition) is 2. The molecule has 1 aromatic heterocycles. The van der Waals surface area contributed by atoms with Crippen molar-refractivity contribution in [3.63, 3.8) is 0 Å². The molecule has 0 radical (unpaired) electrons. The van der Waals surface area contributed by atoms with E-state index >= 15 is 0 Å². The van der Waals surface area contributed by atoms with Gasteiger partial charge in [0.05, 0.1) is 16.3 Å². The summed E-state index contributed by atoms with van der Waals surface area (Å²) in [5, 5.41) is 0.634. The van der Waals surface area contributed by atoms with Gasteiger partial charge in [0.15, 0.2) is 0 Å². The van der Waals surface area contributed by atoms with E-state index in [1.54, 1.807) is 6.20 Å². The van der Waals surface area contributed by atoms with Gasteiger partial charge in [0.2, 0.25) is 0 Å². The van der Waals surface area contributed by atoms with Crippen molar-refractivity contribution in [2.45, 2.75) is 18.4 Å². The fourth-order valence-electron chi connectivity index (χ4n) is 1.15. The van der Waals surface area contributed by atoms with Gasteiger partial charge in [-0.1, -0.05) is 11.6 Å². The second kappa shape index (κ2) is 2.69. The zero-order valence-electron chi connectivity index (χ0n) is 6.35. The van der Waals surface area contributed by atoms with E-state index in [0.29, 0.717) is 5.02 Å². The second-order valence-electron chi connectivity index (χ2n) is 3.14. The molecular formula is C8H8BrClN2. The van der Waals surface area contributed by atoms with Crippen molar-refractivity contribution >= 4 is 27.5 Å². The highest BCUT2D eigenvalue weighted by molar-refractivity contribution is 9.10. The fourth-order valence-corrected chi connectivity index (χ4v) is 2.19. The molecule has 1 fully saturated rings. The Hall–Kier alpha value is -0.120. The summed E-state index contributed by atoms with van der Waals surface area (Å²) in [5.74, 6) is 0. The second-order valence-corrected chi connectivity index (χ2v) is 4.43. The monoisotopic (exact) mass is 246 g/mol. The van der Waals surface area contributed by atoms with E-state index in [-0.39, 0.29) is 5.54 Å². The first kappa shape index (κ1) is 8.48. The molecule has 0 aromatic carbocycles. The van der Waals surface area contributed by atoms with Gasteiger partial charge in [0, 0.05) is 10.7 Å². The van der Waals surface area contributed by atoms with Gasteiger partial charge in [-0.25, -0.2) is 0 Å². The van der Waals surface area contributed by atoms with E-state index in [1.807, 2.05) is 6.07 Å². The van der Waals surface area contributed by atoms with Gasteiger partial charge in [-0.3, -0.25) is 4.98 Å². The van der Waals surface area contributed by atoms with Crippen LogP contribution in [0.1, 0.15) is 18.5 Å². The molecule has 0 bridgehead atoms. The first-order valence-electron chi connectivity index (χ1n) is 3.72. The van der Waals surface area contributed by atoms with Crippen LogP contribution in [0, 0.1) is 0 Å². The summed E-state index contributed by atoms with van der Waals surface area (Å²) in [5.41, 5.74) is 6.72. The average Bonchev–Trinajstić information content (AvgIpc) is 2.68. The number of rotatable bonds is 1. The Morgan fingerprint density at radius 3 is 2.75 bits per heavy atom. The minimum Gasteiger partial charge on any atom is -0.320 e. The maximum absolute atomic E-state index is 5.98. The van der Waals surface area contributed by atoms with E-state index in [2.05, 4.69) is 20.9 Å². The smallest absolute Gasteiger partial charge is 0.0745 e. The third-order valence-electron chi connectivity index (χ3n) is 2.07. The molecule has 1 saturated carbocycles. The molecule has 1 aliphatic rings. The van der Waals surface area contributed by atoms with E-state index in [0.717, 1.165) is 23.0 Å². The summed E-state index contributed by atoms with van der Waals surface area (Å²) in [6, 6.07) is 1.83. The maximum atomic E-state index is 5.98. The lowest BCUT2D eigenvalue weighted by molar-refractivity contribution is 0.703. The van der Waals surface area contributed by atoms with Crippen molar-refractivity contribution in [2.24, 2.45) is 5.73 Å². The first-order valence-corrected chi connectivity index (χ1v) is 4.89. The Labute approximate surface area is 84.3 Å². The van der Waals surface area contributed by atoms with Crippen LogP contribution in [0.15, 0.2) is 16.7 Å². The van der Waals surface area contributed by atoms with Crippen LogP contribution in [-0.2, 0) is 5.54 Å². The number of halogens is 2. The lowest BCUT2D eigenvalue weighted by Crippen LogP contribution is -2.20. The zero-order chi connectivity index (χ0) is 8.77. The van der Waals surface area contributed by atoms with E-state index in [1.165, 1.54) is 0 Å². The minimum atomic E-state index is -0.191. The van der Waals surface area contributed by atoms with Gasteiger partial charge in [-0.15, -0.1) is 0 Å². The molecule has 64 valence electrons. The van der Waals surface area contributed by atoms with Crippen molar-refractivity contribution in [1.82, 2.24) is 4.98 Å². The number of hydrogen-bond donors (Lipinski definition) is 1. The summed E-state index contributed by atoms with van der Waals surface area (Å²) < 4.78 is 0.912. The van der Waals surface area contributed by atoms with Crippen LogP contribution in [0.3, 0.4) is 0 Å². The molecule has 2 N–H and O–H groups in total. The van der Waals surface area contributed by atoms with Crippen LogP contribution in [0.2, 0.25) is 5.02 Å². The largest absolute Gasteiger partial charge is 0.320 e. The first-order chi connectivity index (χ1) is 5.62. The zero-order valence-corrected chi connectivity index (χ0v) is 8.69. The molecule has 0 unspecified atom stereocenters. The molecule has 2 rings (SSSR count). The molecule has 0 spiro atoms. The van der Waals surface area contributed by atoms with Crippen molar-refractivity contribution < 1.29 is 0 Å². The van der Waals surface area contributed by atoms with Gasteiger partial charge in [-0.2, -0.15) is 0 Å². The Kier molecular flexibility index (Phi) is 1.90. The van der Waals surface area contributed by atoms with Crippen molar-refractivity contribution in [3.8, 4) is 0 Å². The summed E-state index contributed by atoms with van der Waals surface area (Å²) in [6.45, 7) is 0. The molecule has 1 aliphatic carbocycles. The van der Waals surface area contributed by atoms with Gasteiger partial charge >= 0.3 is 0 Å². The third kappa shape index (κ3) is 1.37. The molecule has 0 atom stereocenters. The molecule has 1 heterocycles. The van der Waals surface area contributed by atoms with Gasteiger partial charge in [-0.05, 0) is 34.8 Å². The number of nitrogens with two attached hydrogens (primary N) is 1. The van der Waals surface area contributed by atoms with E-state index < -0.39 is 0 Å². The van der Waals surface area contributed by atoms with Crippen LogP contribution in [-0.4, -0.2) is 4.98 Å². The maximum Gasteiger partial charge on any atom is 0.0745 e. The SMILES string of the molecule is NC1(c2ncc(Cl)cc2Br)CC1. The normalized spacial score (nSPS) is 19.2. The summed E-state index contributed by atoms with van der Waals surface area (Å²) in [7, 11) is 0. The fraction of sp³-hybridized carbons (Fsp3) is 0.375. The Morgan fingerprint density at radius 1 is 1.58 bits per heavy atom. The molecular weight excluding hydrogens is 239 g/mol. The van der Waals surface area contributed by atoms with Crippen LogP contribution in [0.25, 0.3) is 0 Å². The molecule has 0 aliphatic heterocycles. The van der Waals surface area contributed by atoms with Crippen LogP contribution >= 0.6 is 27.5 Å². The highest BCUT2D eigenvalue weighted by Crippen LogP contribution is 2.44. The van der Waals surface area contributed by atoms with Gasteiger partial charge in [0.1, 0.15) is 0 Å². The molecule has 1 aromatic rings. The van der Waals surface area contributed by atoms with Crippen molar-refractivity contribution in [1.29, 1.82) is 0 Å². The van der Waals surface area contributed by atoms with Crippen LogP contribution in [0.5, 0.6) is 0 Å². The standard InChI is InChI=1S/C8H8BrClN2/c9-6-3-5(10)4-12-7(6)8(11)1-2-8/h3-4H,1-2,11H2. The number of aromatic nitrogens is 1. The van der Waals surface area contributed by atoms with Gasteiger partial charge < -0.3 is 5.73 Å². The third-order valence-corrected chi connectivity index (χ3v) is 2.88. The number of pyridine rings is 1. The lowest BCUT2D eigenvalue weighted by Gasteiger charge is -2.09. The molecule has 12 heavy (non-hydrogen) atoms. The predicted molar refractivity (Wildman–Crippen MR) is 52.0 cm³/mol. The topological polar surface area (TPSA) is 38.9 Å². The molecule has 0 amide bonds. The molecule has 0 saturated heterocycles. The highest BCUT2D eigenvalue weighted by atomic mass is 79.9. The Balaban J connectivity index is 2.45. The minimum absolute atomic E-state index is 0.191. The summed E-state index contributed by atoms with van der Waals surface area (Å²) in [4.78, 5) is 4.21. The molecule has 2 nitrogen and oxygen atoms in total. The van der Waals surface area contributed by atoms with Crippen molar-refractivity contribution in [2.75, 3.05) is 0 Å². The Bertz CT molecular complexity index is 323. The predicted octanol–water partition coefficient (Wildman–Crippen LogP) is 2.45. The molecule has 4 heteroatoms. The van der Waals surface area contributed by atoms with Gasteiger partial charge in [0.25, 0.3) is 0 Å². The van der Waals surface area contributed by atoms with Crippen molar-refractivity contribution in [3.05, 3.63) is 27.5 Å². The van der Waals surface area contributed by atoms with E-state index in [9.17, 15) is 0 Å². The summed E-state index contributed by atoms with van der Waals surface area (Å²) in [6.07, 6.45) is 3.66. The average molecular weight is 248 g/mol. The highest BCUT2D eigenvalue weighted by Gasteiger charge is 2.42. The van der Waals surface area contributed by atoms with E-state index in [4.69, 9.17) is 17.3 Å². The number of nitrogens with zero attached hydrogens (tertiary/aromatic N) is 1.